The van der Waals surface area contributed by atoms with Crippen molar-refractivity contribution >= 4 is 15.7 Å². The largest absolute Gasteiger partial charge is 0.497 e. The number of ether oxygens (including phenoxy) is 1. The van der Waals surface area contributed by atoms with Gasteiger partial charge < -0.3 is 14.2 Å². The number of aryl methyl sites for hydroxylation is 3. The Kier molecular flexibility index (Phi) is 4.73. The maximum atomic E-state index is 13.0. The van der Waals surface area contributed by atoms with Gasteiger partial charge in [0.15, 0.2) is 5.82 Å². The van der Waals surface area contributed by atoms with Crippen molar-refractivity contribution in [2.24, 2.45) is 0 Å². The van der Waals surface area contributed by atoms with Gasteiger partial charge in [0.2, 0.25) is 0 Å². The summed E-state index contributed by atoms with van der Waals surface area (Å²) in [5.41, 5.74) is 1.90. The molecule has 0 saturated heterocycles. The highest BCUT2D eigenvalue weighted by Crippen LogP contribution is 2.33. The molecule has 0 bridgehead atoms. The molecular formula is C17H20N4O4S. The first-order chi connectivity index (χ1) is 12.4. The third kappa shape index (κ3) is 3.30. The SMILES string of the molecule is CCc1noc(-c2c(C)[nH]c(C)c2S(=O)(=O)Nc2cccc(OC)c2)n1. The highest BCUT2D eigenvalue weighted by Gasteiger charge is 2.29. The van der Waals surface area contributed by atoms with E-state index in [0.29, 0.717) is 40.6 Å². The van der Waals surface area contributed by atoms with Crippen LogP contribution in [0.25, 0.3) is 11.5 Å². The molecule has 0 fully saturated rings. The van der Waals surface area contributed by atoms with Crippen LogP contribution >= 0.6 is 0 Å². The van der Waals surface area contributed by atoms with Crippen LogP contribution in [0.1, 0.15) is 24.1 Å². The average molecular weight is 376 g/mol. The van der Waals surface area contributed by atoms with Gasteiger partial charge in [-0.05, 0) is 26.0 Å². The molecule has 26 heavy (non-hydrogen) atoms. The van der Waals surface area contributed by atoms with E-state index in [2.05, 4.69) is 19.8 Å². The molecule has 2 aromatic heterocycles. The molecule has 0 amide bonds. The van der Waals surface area contributed by atoms with Gasteiger partial charge in [0.25, 0.3) is 15.9 Å². The molecular weight excluding hydrogens is 356 g/mol. The number of sulfonamides is 1. The predicted molar refractivity (Wildman–Crippen MR) is 96.7 cm³/mol. The van der Waals surface area contributed by atoms with Gasteiger partial charge in [-0.1, -0.05) is 18.1 Å². The smallest absolute Gasteiger partial charge is 0.264 e. The monoisotopic (exact) mass is 376 g/mol. The molecule has 2 N–H and O–H groups in total. The molecule has 0 atom stereocenters. The molecule has 9 heteroatoms. The first kappa shape index (κ1) is 18.0. The molecule has 0 radical (unpaired) electrons. The minimum Gasteiger partial charge on any atom is -0.497 e. The number of hydrogen-bond donors (Lipinski definition) is 2. The first-order valence-corrected chi connectivity index (χ1v) is 9.53. The number of rotatable bonds is 6. The summed E-state index contributed by atoms with van der Waals surface area (Å²) in [7, 11) is -2.37. The topological polar surface area (TPSA) is 110 Å². The van der Waals surface area contributed by atoms with E-state index in [4.69, 9.17) is 9.26 Å². The van der Waals surface area contributed by atoms with E-state index in [-0.39, 0.29) is 10.8 Å². The summed E-state index contributed by atoms with van der Waals surface area (Å²) in [5.74, 6) is 1.24. The van der Waals surface area contributed by atoms with Crippen LogP contribution in [0.2, 0.25) is 0 Å². The minimum absolute atomic E-state index is 0.0872. The zero-order valence-corrected chi connectivity index (χ0v) is 15.8. The van der Waals surface area contributed by atoms with Crippen LogP contribution in [-0.2, 0) is 16.4 Å². The Labute approximate surface area is 151 Å². The van der Waals surface area contributed by atoms with Crippen molar-refractivity contribution in [3.8, 4) is 17.2 Å². The number of nitrogens with zero attached hydrogens (tertiary/aromatic N) is 2. The van der Waals surface area contributed by atoms with E-state index in [0.717, 1.165) is 0 Å². The number of aromatic amines is 1. The van der Waals surface area contributed by atoms with E-state index in [1.807, 2.05) is 6.92 Å². The summed E-state index contributed by atoms with van der Waals surface area (Å²) in [6.07, 6.45) is 0.593. The zero-order chi connectivity index (χ0) is 18.9. The van der Waals surface area contributed by atoms with Gasteiger partial charge in [-0.2, -0.15) is 4.98 Å². The standard InChI is InChI=1S/C17H20N4O4S/c1-5-14-19-17(25-20-14)15-10(2)18-11(3)16(15)26(22,23)21-12-7-6-8-13(9-12)24-4/h6-9,18,21H,5H2,1-4H3. The van der Waals surface area contributed by atoms with Crippen LogP contribution in [0.5, 0.6) is 5.75 Å². The van der Waals surface area contributed by atoms with Crippen molar-refractivity contribution < 1.29 is 17.7 Å². The average Bonchev–Trinajstić information content (AvgIpc) is 3.18. The van der Waals surface area contributed by atoms with Crippen LogP contribution in [-0.4, -0.2) is 30.7 Å². The van der Waals surface area contributed by atoms with Crippen LogP contribution in [0.3, 0.4) is 0 Å². The fraction of sp³-hybridized carbons (Fsp3) is 0.294. The Balaban J connectivity index is 2.07. The Hall–Kier alpha value is -2.81. The number of hydrogen-bond acceptors (Lipinski definition) is 6. The van der Waals surface area contributed by atoms with Crippen molar-refractivity contribution in [2.75, 3.05) is 11.8 Å². The molecule has 3 rings (SSSR count). The van der Waals surface area contributed by atoms with E-state index in [9.17, 15) is 8.42 Å². The Morgan fingerprint density at radius 1 is 1.27 bits per heavy atom. The molecule has 0 spiro atoms. The van der Waals surface area contributed by atoms with Crippen molar-refractivity contribution in [1.82, 2.24) is 15.1 Å². The third-order valence-corrected chi connectivity index (χ3v) is 5.46. The van der Waals surface area contributed by atoms with E-state index in [1.165, 1.54) is 7.11 Å². The molecule has 3 aromatic rings. The molecule has 0 aliphatic heterocycles. The number of methoxy groups -OCH3 is 1. The second kappa shape index (κ2) is 6.83. The molecule has 1 aromatic carbocycles. The minimum atomic E-state index is -3.89. The lowest BCUT2D eigenvalue weighted by atomic mass is 10.2. The molecule has 138 valence electrons. The molecule has 2 heterocycles. The van der Waals surface area contributed by atoms with Crippen LogP contribution in [0.4, 0.5) is 5.69 Å². The summed E-state index contributed by atoms with van der Waals surface area (Å²) in [4.78, 5) is 7.40. The summed E-state index contributed by atoms with van der Waals surface area (Å²) >= 11 is 0. The molecule has 8 nitrogen and oxygen atoms in total. The fourth-order valence-electron chi connectivity index (χ4n) is 2.74. The van der Waals surface area contributed by atoms with Gasteiger partial charge in [0.05, 0.1) is 18.4 Å². The van der Waals surface area contributed by atoms with E-state index < -0.39 is 10.0 Å². The lowest BCUT2D eigenvalue weighted by Gasteiger charge is -2.10. The number of benzene rings is 1. The van der Waals surface area contributed by atoms with Gasteiger partial charge in [-0.25, -0.2) is 8.42 Å². The second-order valence-corrected chi connectivity index (χ2v) is 7.41. The summed E-state index contributed by atoms with van der Waals surface area (Å²) < 4.78 is 39.1. The molecule has 0 aliphatic rings. The zero-order valence-electron chi connectivity index (χ0n) is 15.0. The van der Waals surface area contributed by atoms with Gasteiger partial charge in [-0.3, -0.25) is 4.72 Å². The van der Waals surface area contributed by atoms with Crippen molar-refractivity contribution in [2.45, 2.75) is 32.1 Å². The third-order valence-electron chi connectivity index (χ3n) is 3.91. The fourth-order valence-corrected chi connectivity index (χ4v) is 4.25. The van der Waals surface area contributed by atoms with E-state index >= 15 is 0 Å². The molecule has 0 aliphatic carbocycles. The lowest BCUT2D eigenvalue weighted by Crippen LogP contribution is -2.14. The summed E-state index contributed by atoms with van der Waals surface area (Å²) in [6, 6.07) is 6.70. The van der Waals surface area contributed by atoms with Crippen molar-refractivity contribution in [3.63, 3.8) is 0 Å². The van der Waals surface area contributed by atoms with Crippen molar-refractivity contribution in [3.05, 3.63) is 41.5 Å². The van der Waals surface area contributed by atoms with Crippen LogP contribution < -0.4 is 9.46 Å². The maximum Gasteiger partial charge on any atom is 0.264 e. The normalized spacial score (nSPS) is 11.5. The van der Waals surface area contributed by atoms with Crippen LogP contribution in [0.15, 0.2) is 33.7 Å². The molecule has 0 saturated carbocycles. The quantitative estimate of drug-likeness (QED) is 0.684. The second-order valence-electron chi connectivity index (χ2n) is 5.79. The van der Waals surface area contributed by atoms with Gasteiger partial charge >= 0.3 is 0 Å². The highest BCUT2D eigenvalue weighted by molar-refractivity contribution is 7.93. The number of H-pyrrole nitrogens is 1. The number of anilines is 1. The predicted octanol–water partition coefficient (Wildman–Crippen LogP) is 3.05. The van der Waals surface area contributed by atoms with E-state index in [1.54, 1.807) is 38.1 Å². The Bertz CT molecular complexity index is 1040. The lowest BCUT2D eigenvalue weighted by molar-refractivity contribution is 0.415. The van der Waals surface area contributed by atoms with Crippen molar-refractivity contribution in [1.29, 1.82) is 0 Å². The highest BCUT2D eigenvalue weighted by atomic mass is 32.2. The van der Waals surface area contributed by atoms with Gasteiger partial charge in [0.1, 0.15) is 10.6 Å². The van der Waals surface area contributed by atoms with Gasteiger partial charge in [-0.15, -0.1) is 0 Å². The molecule has 0 unspecified atom stereocenters. The summed E-state index contributed by atoms with van der Waals surface area (Å²) in [5, 5.41) is 3.86. The first-order valence-electron chi connectivity index (χ1n) is 8.04. The number of nitrogens with one attached hydrogen (secondary N) is 2. The Morgan fingerprint density at radius 3 is 2.69 bits per heavy atom. The Morgan fingerprint density at radius 2 is 2.04 bits per heavy atom. The number of aromatic nitrogens is 3. The van der Waals surface area contributed by atoms with Crippen LogP contribution in [0, 0.1) is 13.8 Å². The summed E-state index contributed by atoms with van der Waals surface area (Å²) in [6.45, 7) is 5.35. The maximum absolute atomic E-state index is 13.0. The van der Waals surface area contributed by atoms with Gasteiger partial charge in [0, 0.05) is 23.9 Å².